The maximum Gasteiger partial charge on any atom is 0.326 e. The van der Waals surface area contributed by atoms with Crippen LogP contribution < -0.4 is 21.7 Å². The van der Waals surface area contributed by atoms with Crippen LogP contribution in [0.3, 0.4) is 0 Å². The minimum absolute atomic E-state index is 0.0225. The summed E-state index contributed by atoms with van der Waals surface area (Å²) in [4.78, 5) is 55.3. The maximum atomic E-state index is 12.5. The maximum absolute atomic E-state index is 12.5. The lowest BCUT2D eigenvalue weighted by Gasteiger charge is -2.22. The van der Waals surface area contributed by atoms with E-state index in [2.05, 4.69) is 25.9 Å². The Balaban J connectivity index is 1.90. The fraction of sp³-hybridized carbons (Fsp3) is 0.381. The first-order valence-corrected chi connectivity index (χ1v) is 10.2. The van der Waals surface area contributed by atoms with Crippen molar-refractivity contribution in [3.05, 3.63) is 54.1 Å². The van der Waals surface area contributed by atoms with Crippen LogP contribution in [0.25, 0.3) is 0 Å². The molecule has 178 valence electrons. The minimum Gasteiger partial charge on any atom is -0.480 e. The predicted octanol–water partition coefficient (Wildman–Crippen LogP) is -1.93. The summed E-state index contributed by atoms with van der Waals surface area (Å²) in [5.74, 6) is -3.47. The van der Waals surface area contributed by atoms with Gasteiger partial charge < -0.3 is 36.9 Å². The molecule has 0 aliphatic carbocycles. The van der Waals surface area contributed by atoms with Crippen LogP contribution in [-0.2, 0) is 32.0 Å². The summed E-state index contributed by atoms with van der Waals surface area (Å²) in [6.45, 7) is 0.618. The Bertz CT molecular complexity index is 936. The summed E-state index contributed by atoms with van der Waals surface area (Å²) in [6, 6.07) is 4.02. The van der Waals surface area contributed by atoms with Crippen molar-refractivity contribution in [1.82, 2.24) is 25.9 Å². The highest BCUT2D eigenvalue weighted by molar-refractivity contribution is 5.94. The fourth-order valence-electron chi connectivity index (χ4n) is 2.92. The molecule has 33 heavy (non-hydrogen) atoms. The Morgan fingerprint density at radius 2 is 1.67 bits per heavy atom. The van der Waals surface area contributed by atoms with Gasteiger partial charge in [0.05, 0.1) is 19.0 Å². The highest BCUT2D eigenvalue weighted by Gasteiger charge is 2.28. The summed E-state index contributed by atoms with van der Waals surface area (Å²) < 4.78 is 0. The number of aliphatic hydroxyl groups excluding tert-OH is 1. The van der Waals surface area contributed by atoms with E-state index in [4.69, 9.17) is 5.73 Å². The standard InChI is InChI=1S/C21H28N6O6/c1-12(25-19(30)15(22)8-14-9-23-11-24-14)18(29)27-17(10-28)20(31)26-16(21(32)33)7-13-5-3-2-4-6-13/h2-6,9,11-12,15-17,28H,7-8,10,22H2,1H3,(H,23,24)(H,25,30)(H,26,31)(H,27,29)(H,32,33). The van der Waals surface area contributed by atoms with Gasteiger partial charge in [-0.1, -0.05) is 30.3 Å². The van der Waals surface area contributed by atoms with Crippen LogP contribution in [0.1, 0.15) is 18.2 Å². The van der Waals surface area contributed by atoms with E-state index in [9.17, 15) is 29.4 Å². The normalized spacial score (nSPS) is 14.4. The second-order valence-electron chi connectivity index (χ2n) is 7.45. The van der Waals surface area contributed by atoms with Crippen LogP contribution in [0.4, 0.5) is 0 Å². The number of aliphatic hydroxyl groups is 1. The molecule has 0 fully saturated rings. The number of aromatic nitrogens is 2. The number of hydrogen-bond acceptors (Lipinski definition) is 7. The number of hydrogen-bond donors (Lipinski definition) is 7. The molecule has 0 spiro atoms. The molecule has 0 saturated heterocycles. The molecule has 12 nitrogen and oxygen atoms in total. The van der Waals surface area contributed by atoms with E-state index in [0.29, 0.717) is 11.3 Å². The number of nitrogens with one attached hydrogen (secondary N) is 4. The Labute approximate surface area is 190 Å². The van der Waals surface area contributed by atoms with Gasteiger partial charge in [-0.2, -0.15) is 0 Å². The number of H-pyrrole nitrogens is 1. The first-order valence-electron chi connectivity index (χ1n) is 10.2. The number of carboxylic acids is 1. The van der Waals surface area contributed by atoms with Crippen molar-refractivity contribution in [2.45, 2.75) is 43.9 Å². The van der Waals surface area contributed by atoms with Crippen LogP contribution in [0.5, 0.6) is 0 Å². The third-order valence-corrected chi connectivity index (χ3v) is 4.80. The molecule has 0 radical (unpaired) electrons. The molecule has 8 N–H and O–H groups in total. The second-order valence-corrected chi connectivity index (χ2v) is 7.45. The van der Waals surface area contributed by atoms with Crippen LogP contribution in [0, 0.1) is 0 Å². The summed E-state index contributed by atoms with van der Waals surface area (Å²) in [7, 11) is 0. The van der Waals surface area contributed by atoms with Gasteiger partial charge in [-0.25, -0.2) is 9.78 Å². The molecule has 0 aliphatic heterocycles. The molecule has 0 saturated carbocycles. The van der Waals surface area contributed by atoms with E-state index in [1.807, 2.05) is 0 Å². The van der Waals surface area contributed by atoms with Crippen molar-refractivity contribution in [3.8, 4) is 0 Å². The number of nitrogens with two attached hydrogens (primary N) is 1. The summed E-state index contributed by atoms with van der Waals surface area (Å²) in [6.07, 6.45) is 3.18. The van der Waals surface area contributed by atoms with Gasteiger partial charge in [-0.05, 0) is 12.5 Å². The number of aliphatic carboxylic acids is 1. The van der Waals surface area contributed by atoms with Gasteiger partial charge in [-0.3, -0.25) is 14.4 Å². The molecule has 1 heterocycles. The lowest BCUT2D eigenvalue weighted by molar-refractivity contribution is -0.142. The topological polar surface area (TPSA) is 200 Å². The van der Waals surface area contributed by atoms with Gasteiger partial charge in [-0.15, -0.1) is 0 Å². The largest absolute Gasteiger partial charge is 0.480 e. The van der Waals surface area contributed by atoms with E-state index in [1.165, 1.54) is 19.4 Å². The van der Waals surface area contributed by atoms with E-state index < -0.39 is 54.5 Å². The lowest BCUT2D eigenvalue weighted by atomic mass is 10.1. The summed E-state index contributed by atoms with van der Waals surface area (Å²) in [5.41, 5.74) is 7.17. The molecule has 4 unspecified atom stereocenters. The summed E-state index contributed by atoms with van der Waals surface area (Å²) in [5, 5.41) is 26.0. The number of amides is 3. The number of carbonyl (C=O) groups is 4. The first-order chi connectivity index (χ1) is 15.7. The monoisotopic (exact) mass is 460 g/mol. The van der Waals surface area contributed by atoms with E-state index >= 15 is 0 Å². The van der Waals surface area contributed by atoms with Crippen molar-refractivity contribution in [1.29, 1.82) is 0 Å². The molecular weight excluding hydrogens is 432 g/mol. The zero-order valence-corrected chi connectivity index (χ0v) is 18.0. The van der Waals surface area contributed by atoms with Gasteiger partial charge in [0.15, 0.2) is 0 Å². The number of nitrogens with zero attached hydrogens (tertiary/aromatic N) is 1. The molecule has 12 heteroatoms. The van der Waals surface area contributed by atoms with Crippen molar-refractivity contribution in [3.63, 3.8) is 0 Å². The Kier molecular flexibility index (Phi) is 9.51. The van der Waals surface area contributed by atoms with Gasteiger partial charge in [0.25, 0.3) is 0 Å². The van der Waals surface area contributed by atoms with Crippen LogP contribution in [-0.4, -0.2) is 74.6 Å². The number of carboxylic acid groups (broad SMARTS) is 1. The van der Waals surface area contributed by atoms with Crippen molar-refractivity contribution in [2.75, 3.05) is 6.61 Å². The zero-order chi connectivity index (χ0) is 24.4. The molecule has 1 aromatic heterocycles. The molecule has 1 aromatic carbocycles. The molecule has 0 bridgehead atoms. The highest BCUT2D eigenvalue weighted by Crippen LogP contribution is 2.04. The zero-order valence-electron chi connectivity index (χ0n) is 18.0. The van der Waals surface area contributed by atoms with Crippen LogP contribution in [0.15, 0.2) is 42.9 Å². The summed E-state index contributed by atoms with van der Waals surface area (Å²) >= 11 is 0. The fourth-order valence-corrected chi connectivity index (χ4v) is 2.92. The number of imidazole rings is 1. The van der Waals surface area contributed by atoms with Gasteiger partial charge >= 0.3 is 5.97 Å². The third-order valence-electron chi connectivity index (χ3n) is 4.80. The third kappa shape index (κ3) is 8.01. The van der Waals surface area contributed by atoms with E-state index in [0.717, 1.165) is 0 Å². The Morgan fingerprint density at radius 3 is 2.24 bits per heavy atom. The molecule has 2 aromatic rings. The number of aromatic amines is 1. The van der Waals surface area contributed by atoms with Crippen molar-refractivity contribution >= 4 is 23.7 Å². The lowest BCUT2D eigenvalue weighted by Crippen LogP contribution is -2.57. The average Bonchev–Trinajstić information content (AvgIpc) is 3.30. The Hall–Kier alpha value is -3.77. The molecule has 2 rings (SSSR count). The number of benzene rings is 1. The minimum atomic E-state index is -1.41. The van der Waals surface area contributed by atoms with Gasteiger partial charge in [0, 0.05) is 24.7 Å². The molecule has 4 atom stereocenters. The highest BCUT2D eigenvalue weighted by atomic mass is 16.4. The van der Waals surface area contributed by atoms with Crippen molar-refractivity contribution < 1.29 is 29.4 Å². The first kappa shape index (κ1) is 25.5. The number of rotatable bonds is 12. The predicted molar refractivity (Wildman–Crippen MR) is 117 cm³/mol. The number of carbonyl (C=O) groups excluding carboxylic acids is 3. The SMILES string of the molecule is CC(NC(=O)C(N)Cc1cnc[nH]1)C(=O)NC(CO)C(=O)NC(Cc1ccccc1)C(=O)O. The molecule has 0 aliphatic rings. The van der Waals surface area contributed by atoms with Gasteiger partial charge in [0.2, 0.25) is 17.7 Å². The van der Waals surface area contributed by atoms with E-state index in [-0.39, 0.29) is 12.8 Å². The molecule has 3 amide bonds. The van der Waals surface area contributed by atoms with Crippen molar-refractivity contribution in [2.24, 2.45) is 5.73 Å². The second kappa shape index (κ2) is 12.3. The van der Waals surface area contributed by atoms with Crippen LogP contribution >= 0.6 is 0 Å². The van der Waals surface area contributed by atoms with Gasteiger partial charge in [0.1, 0.15) is 18.1 Å². The van der Waals surface area contributed by atoms with E-state index in [1.54, 1.807) is 30.3 Å². The average molecular weight is 460 g/mol. The Morgan fingerprint density at radius 1 is 1.00 bits per heavy atom. The molecular formula is C21H28N6O6. The van der Waals surface area contributed by atoms with Crippen LogP contribution in [0.2, 0.25) is 0 Å². The quantitative estimate of drug-likeness (QED) is 0.190. The smallest absolute Gasteiger partial charge is 0.326 e.